The summed E-state index contributed by atoms with van der Waals surface area (Å²) in [6, 6.07) is 11.3. The summed E-state index contributed by atoms with van der Waals surface area (Å²) < 4.78 is 1.89. The molecule has 2 aliphatic rings. The molecule has 0 unspecified atom stereocenters. The molecular formula is C25H32N6O. The molecule has 168 valence electrons. The van der Waals surface area contributed by atoms with Crippen molar-refractivity contribution in [3.63, 3.8) is 0 Å². The van der Waals surface area contributed by atoms with Gasteiger partial charge in [-0.25, -0.2) is 4.98 Å². The van der Waals surface area contributed by atoms with Gasteiger partial charge in [-0.15, -0.1) is 0 Å². The van der Waals surface area contributed by atoms with Crippen LogP contribution in [0.4, 0.5) is 17.3 Å². The Hall–Kier alpha value is -2.93. The van der Waals surface area contributed by atoms with Gasteiger partial charge in [0.05, 0.1) is 0 Å². The number of aromatic nitrogens is 3. The molecule has 2 fully saturated rings. The van der Waals surface area contributed by atoms with Crippen molar-refractivity contribution in [2.45, 2.75) is 64.6 Å². The SMILES string of the molecule is Cc1cc(=O)n(C2CCCC2)c2nc(Nc3ccc(N4C[C@@H](C)N[C@@H](C)C4)cc3)ncc12. The van der Waals surface area contributed by atoms with Crippen LogP contribution >= 0.6 is 0 Å². The zero-order valence-corrected chi connectivity index (χ0v) is 19.1. The molecule has 0 radical (unpaired) electrons. The Bertz CT molecular complexity index is 1160. The first-order valence-electron chi connectivity index (χ1n) is 11.7. The van der Waals surface area contributed by atoms with E-state index >= 15 is 0 Å². The minimum absolute atomic E-state index is 0.0374. The van der Waals surface area contributed by atoms with Crippen molar-refractivity contribution in [3.05, 3.63) is 52.4 Å². The van der Waals surface area contributed by atoms with Gasteiger partial charge in [0.2, 0.25) is 5.95 Å². The van der Waals surface area contributed by atoms with Crippen LogP contribution in [0.15, 0.2) is 41.3 Å². The zero-order chi connectivity index (χ0) is 22.2. The quantitative estimate of drug-likeness (QED) is 0.645. The molecule has 7 nitrogen and oxygen atoms in total. The maximum atomic E-state index is 12.8. The lowest BCUT2D eigenvalue weighted by atomic mass is 10.1. The second-order valence-corrected chi connectivity index (χ2v) is 9.45. The van der Waals surface area contributed by atoms with E-state index in [4.69, 9.17) is 4.98 Å². The highest BCUT2D eigenvalue weighted by Crippen LogP contribution is 2.31. The molecule has 3 heterocycles. The number of anilines is 3. The van der Waals surface area contributed by atoms with Crippen molar-refractivity contribution < 1.29 is 0 Å². The number of rotatable bonds is 4. The van der Waals surface area contributed by atoms with Crippen LogP contribution < -0.4 is 21.1 Å². The number of hydrogen-bond donors (Lipinski definition) is 2. The number of nitrogens with zero attached hydrogens (tertiary/aromatic N) is 4. The van der Waals surface area contributed by atoms with Crippen molar-refractivity contribution in [1.29, 1.82) is 0 Å². The summed E-state index contributed by atoms with van der Waals surface area (Å²) in [4.78, 5) is 24.6. The Kier molecular flexibility index (Phi) is 5.59. The molecule has 0 amide bonds. The largest absolute Gasteiger partial charge is 0.368 e. The van der Waals surface area contributed by atoms with E-state index in [1.165, 1.54) is 18.5 Å². The van der Waals surface area contributed by atoms with Gasteiger partial charge in [-0.05, 0) is 63.4 Å². The minimum Gasteiger partial charge on any atom is -0.368 e. The number of piperazine rings is 1. The first kappa shape index (κ1) is 20.9. The van der Waals surface area contributed by atoms with Gasteiger partial charge in [0, 0.05) is 60.2 Å². The van der Waals surface area contributed by atoms with Crippen LogP contribution in [0.1, 0.15) is 51.1 Å². The second kappa shape index (κ2) is 8.54. The number of benzene rings is 1. The van der Waals surface area contributed by atoms with Gasteiger partial charge >= 0.3 is 0 Å². The predicted molar refractivity (Wildman–Crippen MR) is 130 cm³/mol. The van der Waals surface area contributed by atoms with Crippen LogP contribution in [0.5, 0.6) is 0 Å². The first-order valence-corrected chi connectivity index (χ1v) is 11.7. The second-order valence-electron chi connectivity index (χ2n) is 9.45. The molecule has 2 N–H and O–H groups in total. The molecule has 1 aliphatic heterocycles. The average Bonchev–Trinajstić information content (AvgIpc) is 3.28. The van der Waals surface area contributed by atoms with Crippen LogP contribution in [0.3, 0.4) is 0 Å². The summed E-state index contributed by atoms with van der Waals surface area (Å²) in [6.07, 6.45) is 6.24. The summed E-state index contributed by atoms with van der Waals surface area (Å²) in [7, 11) is 0. The van der Waals surface area contributed by atoms with E-state index in [-0.39, 0.29) is 11.6 Å². The Morgan fingerprint density at radius 2 is 1.75 bits per heavy atom. The topological polar surface area (TPSA) is 75.1 Å². The number of nitrogens with one attached hydrogen (secondary N) is 2. The van der Waals surface area contributed by atoms with Crippen molar-refractivity contribution in [2.24, 2.45) is 0 Å². The summed E-state index contributed by atoms with van der Waals surface area (Å²) in [5, 5.41) is 7.85. The van der Waals surface area contributed by atoms with E-state index in [1.807, 2.05) is 17.7 Å². The molecule has 32 heavy (non-hydrogen) atoms. The van der Waals surface area contributed by atoms with Gasteiger partial charge < -0.3 is 15.5 Å². The van der Waals surface area contributed by atoms with Gasteiger partial charge in [-0.2, -0.15) is 4.98 Å². The molecule has 2 aromatic heterocycles. The summed E-state index contributed by atoms with van der Waals surface area (Å²) in [6.45, 7) is 8.41. The molecule has 1 saturated carbocycles. The van der Waals surface area contributed by atoms with Crippen molar-refractivity contribution in [1.82, 2.24) is 19.9 Å². The first-order chi connectivity index (χ1) is 15.5. The lowest BCUT2D eigenvalue weighted by Crippen LogP contribution is -2.54. The lowest BCUT2D eigenvalue weighted by Gasteiger charge is -2.37. The van der Waals surface area contributed by atoms with Gasteiger partial charge in [-0.3, -0.25) is 9.36 Å². The fourth-order valence-electron chi connectivity index (χ4n) is 5.27. The zero-order valence-electron chi connectivity index (χ0n) is 19.1. The smallest absolute Gasteiger partial charge is 0.252 e. The number of fused-ring (bicyclic) bond motifs is 1. The molecule has 0 spiro atoms. The van der Waals surface area contributed by atoms with E-state index in [9.17, 15) is 4.79 Å². The van der Waals surface area contributed by atoms with Gasteiger partial charge in [0.15, 0.2) is 0 Å². The molecular weight excluding hydrogens is 400 g/mol. The molecule has 5 rings (SSSR count). The minimum atomic E-state index is 0.0374. The van der Waals surface area contributed by atoms with E-state index in [1.54, 1.807) is 6.07 Å². The standard InChI is InChI=1S/C25H32N6O/c1-16-12-23(32)31(21-6-4-5-7-21)24-22(16)13-26-25(29-24)28-19-8-10-20(11-9-19)30-14-17(2)27-18(3)15-30/h8-13,17-18,21,27H,4-7,14-15H2,1-3H3,(H,26,28,29)/t17-,18+. The molecule has 7 heteroatoms. The van der Waals surface area contributed by atoms with E-state index in [2.05, 4.69) is 58.6 Å². The van der Waals surface area contributed by atoms with Crippen LogP contribution in [0.25, 0.3) is 11.0 Å². The molecule has 1 aliphatic carbocycles. The lowest BCUT2D eigenvalue weighted by molar-refractivity contribution is 0.407. The number of aryl methyl sites for hydroxylation is 1. The third-order valence-electron chi connectivity index (χ3n) is 6.74. The Balaban J connectivity index is 1.42. The average molecular weight is 433 g/mol. The highest BCUT2D eigenvalue weighted by atomic mass is 16.1. The van der Waals surface area contributed by atoms with Gasteiger partial charge in [0.1, 0.15) is 5.65 Å². The van der Waals surface area contributed by atoms with Crippen LogP contribution in [-0.2, 0) is 0 Å². The maximum Gasteiger partial charge on any atom is 0.252 e. The van der Waals surface area contributed by atoms with E-state index in [0.29, 0.717) is 18.0 Å². The van der Waals surface area contributed by atoms with E-state index in [0.717, 1.165) is 48.2 Å². The molecule has 3 aromatic rings. The van der Waals surface area contributed by atoms with Crippen LogP contribution in [-0.4, -0.2) is 39.7 Å². The number of pyridine rings is 1. The maximum absolute atomic E-state index is 12.8. The van der Waals surface area contributed by atoms with Gasteiger partial charge in [0.25, 0.3) is 5.56 Å². The predicted octanol–water partition coefficient (Wildman–Crippen LogP) is 4.15. The molecule has 2 atom stereocenters. The number of hydrogen-bond acceptors (Lipinski definition) is 6. The summed E-state index contributed by atoms with van der Waals surface area (Å²) in [5.74, 6) is 0.520. The monoisotopic (exact) mass is 432 g/mol. The van der Waals surface area contributed by atoms with Crippen molar-refractivity contribution >= 4 is 28.4 Å². The van der Waals surface area contributed by atoms with Crippen molar-refractivity contribution in [2.75, 3.05) is 23.3 Å². The van der Waals surface area contributed by atoms with Crippen LogP contribution in [0.2, 0.25) is 0 Å². The van der Waals surface area contributed by atoms with Crippen LogP contribution in [0, 0.1) is 6.92 Å². The molecule has 0 bridgehead atoms. The summed E-state index contributed by atoms with van der Waals surface area (Å²) >= 11 is 0. The Morgan fingerprint density at radius 3 is 2.44 bits per heavy atom. The fraction of sp³-hybridized carbons (Fsp3) is 0.480. The third-order valence-corrected chi connectivity index (χ3v) is 6.74. The summed E-state index contributed by atoms with van der Waals surface area (Å²) in [5.41, 5.74) is 3.86. The molecule has 1 aromatic carbocycles. The highest BCUT2D eigenvalue weighted by Gasteiger charge is 2.22. The highest BCUT2D eigenvalue weighted by molar-refractivity contribution is 5.79. The van der Waals surface area contributed by atoms with E-state index < -0.39 is 0 Å². The van der Waals surface area contributed by atoms with Gasteiger partial charge in [-0.1, -0.05) is 12.8 Å². The third kappa shape index (κ3) is 4.09. The molecule has 1 saturated heterocycles. The normalized spacial score (nSPS) is 21.9. The Labute approximate surface area is 188 Å². The fourth-order valence-corrected chi connectivity index (χ4v) is 5.27. The van der Waals surface area contributed by atoms with Crippen molar-refractivity contribution in [3.8, 4) is 0 Å². The Morgan fingerprint density at radius 1 is 1.06 bits per heavy atom.